The van der Waals surface area contributed by atoms with Crippen molar-refractivity contribution in [1.82, 2.24) is 15.1 Å². The Morgan fingerprint density at radius 2 is 2.17 bits per heavy atom. The molecule has 1 rings (SSSR count). The third-order valence-corrected chi connectivity index (χ3v) is 2.34. The highest BCUT2D eigenvalue weighted by molar-refractivity contribution is 5.97. The molecule has 0 bridgehead atoms. The maximum absolute atomic E-state index is 11.8. The van der Waals surface area contributed by atoms with Crippen molar-refractivity contribution < 1.29 is 14.3 Å². The smallest absolute Gasteiger partial charge is 0.404 e. The number of anilines is 1. The second-order valence-corrected chi connectivity index (χ2v) is 3.61. The zero-order valence-corrected chi connectivity index (χ0v) is 10.4. The first-order chi connectivity index (χ1) is 8.47. The number of nitrogens with two attached hydrogens (primary N) is 2. The molecule has 1 aromatic heterocycles. The van der Waals surface area contributed by atoms with E-state index in [0.29, 0.717) is 23.5 Å². The summed E-state index contributed by atoms with van der Waals surface area (Å²) in [7, 11) is 1.64. The van der Waals surface area contributed by atoms with Crippen LogP contribution in [0, 0.1) is 0 Å². The molecular weight excluding hydrogens is 238 g/mol. The number of carbonyl (C=O) groups is 2. The lowest BCUT2D eigenvalue weighted by Gasteiger charge is -2.06. The molecule has 0 aliphatic carbocycles. The third kappa shape index (κ3) is 3.12. The Morgan fingerprint density at radius 3 is 2.67 bits per heavy atom. The molecule has 0 saturated heterocycles. The number of aryl methyl sites for hydroxylation is 2. The molecule has 2 amide bonds. The quantitative estimate of drug-likeness (QED) is 0.605. The topological polar surface area (TPSA) is 125 Å². The summed E-state index contributed by atoms with van der Waals surface area (Å²) in [6.45, 7) is 2.08. The largest absolute Gasteiger partial charge is 0.448 e. The van der Waals surface area contributed by atoms with Crippen LogP contribution in [0.1, 0.15) is 23.1 Å². The zero-order valence-electron chi connectivity index (χ0n) is 10.4. The summed E-state index contributed by atoms with van der Waals surface area (Å²) >= 11 is 0. The van der Waals surface area contributed by atoms with Crippen molar-refractivity contribution in [2.24, 2.45) is 12.8 Å². The molecule has 0 spiro atoms. The Balaban J connectivity index is 2.61. The number of hydrogen-bond donors (Lipinski definition) is 3. The number of primary amides is 1. The second-order valence-electron chi connectivity index (χ2n) is 3.61. The van der Waals surface area contributed by atoms with Gasteiger partial charge in [-0.2, -0.15) is 5.10 Å². The number of amides is 2. The minimum atomic E-state index is -0.877. The van der Waals surface area contributed by atoms with Gasteiger partial charge in [-0.05, 0) is 6.42 Å². The van der Waals surface area contributed by atoms with E-state index < -0.39 is 6.09 Å². The molecule has 18 heavy (non-hydrogen) atoms. The fourth-order valence-electron chi connectivity index (χ4n) is 1.53. The van der Waals surface area contributed by atoms with E-state index in [1.807, 2.05) is 6.92 Å². The molecule has 0 aliphatic heterocycles. The van der Waals surface area contributed by atoms with Crippen LogP contribution in [-0.2, 0) is 18.2 Å². The Morgan fingerprint density at radius 1 is 1.50 bits per heavy atom. The highest BCUT2D eigenvalue weighted by atomic mass is 16.5. The van der Waals surface area contributed by atoms with Crippen molar-refractivity contribution in [2.45, 2.75) is 13.3 Å². The number of nitrogen functional groups attached to an aromatic ring is 1. The van der Waals surface area contributed by atoms with Crippen LogP contribution in [0.25, 0.3) is 0 Å². The summed E-state index contributed by atoms with van der Waals surface area (Å²) in [4.78, 5) is 22.2. The summed E-state index contributed by atoms with van der Waals surface area (Å²) in [6.07, 6.45) is -0.227. The van der Waals surface area contributed by atoms with Crippen LogP contribution in [0.3, 0.4) is 0 Å². The molecule has 8 heteroatoms. The molecule has 1 heterocycles. The SMILES string of the molecule is CCc1nn(C)c(C(=O)NCCOC(N)=O)c1N. The summed E-state index contributed by atoms with van der Waals surface area (Å²) < 4.78 is 5.91. The molecule has 0 aliphatic rings. The molecule has 100 valence electrons. The van der Waals surface area contributed by atoms with Crippen molar-refractivity contribution in [3.63, 3.8) is 0 Å². The van der Waals surface area contributed by atoms with Crippen molar-refractivity contribution in [3.8, 4) is 0 Å². The summed E-state index contributed by atoms with van der Waals surface area (Å²) in [5.74, 6) is -0.365. The van der Waals surface area contributed by atoms with Crippen LogP contribution in [0.5, 0.6) is 0 Å². The minimum Gasteiger partial charge on any atom is -0.448 e. The minimum absolute atomic E-state index is 0.0134. The van der Waals surface area contributed by atoms with E-state index >= 15 is 0 Å². The van der Waals surface area contributed by atoms with Gasteiger partial charge in [-0.3, -0.25) is 9.48 Å². The van der Waals surface area contributed by atoms with E-state index in [0.717, 1.165) is 0 Å². The molecule has 0 atom stereocenters. The first-order valence-corrected chi connectivity index (χ1v) is 5.49. The number of ether oxygens (including phenoxy) is 1. The molecular formula is C10H17N5O3. The zero-order chi connectivity index (χ0) is 13.7. The lowest BCUT2D eigenvalue weighted by atomic mass is 10.2. The molecule has 0 saturated carbocycles. The number of aromatic nitrogens is 2. The van der Waals surface area contributed by atoms with Crippen LogP contribution in [0.4, 0.5) is 10.5 Å². The van der Waals surface area contributed by atoms with Gasteiger partial charge in [0, 0.05) is 7.05 Å². The van der Waals surface area contributed by atoms with Crippen molar-refractivity contribution >= 4 is 17.7 Å². The fourth-order valence-corrected chi connectivity index (χ4v) is 1.53. The van der Waals surface area contributed by atoms with Gasteiger partial charge in [0.15, 0.2) is 0 Å². The van der Waals surface area contributed by atoms with Crippen LogP contribution >= 0.6 is 0 Å². The molecule has 0 unspecified atom stereocenters. The van der Waals surface area contributed by atoms with Gasteiger partial charge in [-0.25, -0.2) is 4.79 Å². The van der Waals surface area contributed by atoms with Gasteiger partial charge < -0.3 is 21.5 Å². The summed E-state index contributed by atoms with van der Waals surface area (Å²) in [6, 6.07) is 0. The van der Waals surface area contributed by atoms with Gasteiger partial charge >= 0.3 is 6.09 Å². The van der Waals surface area contributed by atoms with Crippen molar-refractivity contribution in [2.75, 3.05) is 18.9 Å². The average molecular weight is 255 g/mol. The molecule has 5 N–H and O–H groups in total. The first kappa shape index (κ1) is 13.8. The Labute approximate surface area is 104 Å². The van der Waals surface area contributed by atoms with E-state index in [1.165, 1.54) is 4.68 Å². The molecule has 0 fully saturated rings. The van der Waals surface area contributed by atoms with Gasteiger partial charge in [0.2, 0.25) is 0 Å². The van der Waals surface area contributed by atoms with Gasteiger partial charge in [0.1, 0.15) is 12.3 Å². The van der Waals surface area contributed by atoms with Crippen LogP contribution in [0.15, 0.2) is 0 Å². The van der Waals surface area contributed by atoms with E-state index in [4.69, 9.17) is 11.5 Å². The second kappa shape index (κ2) is 5.89. The van der Waals surface area contributed by atoms with Crippen LogP contribution in [-0.4, -0.2) is 34.9 Å². The molecule has 0 aromatic carbocycles. The van der Waals surface area contributed by atoms with E-state index in [-0.39, 0.29) is 19.1 Å². The Bertz CT molecular complexity index is 455. The van der Waals surface area contributed by atoms with Crippen LogP contribution in [0.2, 0.25) is 0 Å². The van der Waals surface area contributed by atoms with Gasteiger partial charge in [-0.15, -0.1) is 0 Å². The van der Waals surface area contributed by atoms with Crippen molar-refractivity contribution in [1.29, 1.82) is 0 Å². The standard InChI is InChI=1S/C10H17N5O3/c1-3-6-7(11)8(15(2)14-6)9(16)13-4-5-18-10(12)17/h3-5,11H2,1-2H3,(H2,12,17)(H,13,16). The highest BCUT2D eigenvalue weighted by Gasteiger charge is 2.18. The number of rotatable bonds is 5. The number of nitrogens with one attached hydrogen (secondary N) is 1. The fraction of sp³-hybridized carbons (Fsp3) is 0.500. The number of hydrogen-bond acceptors (Lipinski definition) is 5. The average Bonchev–Trinajstić information content (AvgIpc) is 2.59. The highest BCUT2D eigenvalue weighted by Crippen LogP contribution is 2.16. The first-order valence-electron chi connectivity index (χ1n) is 5.49. The normalized spacial score (nSPS) is 10.1. The van der Waals surface area contributed by atoms with E-state index in [1.54, 1.807) is 7.05 Å². The van der Waals surface area contributed by atoms with Crippen LogP contribution < -0.4 is 16.8 Å². The number of nitrogens with zero attached hydrogens (tertiary/aromatic N) is 2. The van der Waals surface area contributed by atoms with Crippen molar-refractivity contribution in [3.05, 3.63) is 11.4 Å². The monoisotopic (exact) mass is 255 g/mol. The van der Waals surface area contributed by atoms with E-state index in [9.17, 15) is 9.59 Å². The van der Waals surface area contributed by atoms with E-state index in [2.05, 4.69) is 15.2 Å². The summed E-state index contributed by atoms with van der Waals surface area (Å²) in [5, 5.41) is 6.69. The third-order valence-electron chi connectivity index (χ3n) is 2.34. The van der Waals surface area contributed by atoms with Gasteiger partial charge in [-0.1, -0.05) is 6.92 Å². The summed E-state index contributed by atoms with van der Waals surface area (Å²) in [5.41, 5.74) is 11.9. The molecule has 8 nitrogen and oxygen atoms in total. The number of carbonyl (C=O) groups excluding carboxylic acids is 2. The lowest BCUT2D eigenvalue weighted by molar-refractivity contribution is 0.0928. The Kier molecular flexibility index (Phi) is 4.52. The van der Waals surface area contributed by atoms with Gasteiger partial charge in [0.25, 0.3) is 5.91 Å². The molecule has 1 aromatic rings. The maximum Gasteiger partial charge on any atom is 0.404 e. The Hall–Kier alpha value is -2.25. The predicted molar refractivity (Wildman–Crippen MR) is 64.9 cm³/mol. The predicted octanol–water partition coefficient (Wildman–Crippen LogP) is -0.610. The molecule has 0 radical (unpaired) electrons. The van der Waals surface area contributed by atoms with Gasteiger partial charge in [0.05, 0.1) is 17.9 Å². The lowest BCUT2D eigenvalue weighted by Crippen LogP contribution is -2.30. The maximum atomic E-state index is 11.8.